The second kappa shape index (κ2) is 5.38. The van der Waals surface area contributed by atoms with Crippen LogP contribution >= 0.6 is 11.6 Å². The van der Waals surface area contributed by atoms with Gasteiger partial charge in [-0.25, -0.2) is 0 Å². The van der Waals surface area contributed by atoms with Gasteiger partial charge in [0.15, 0.2) is 0 Å². The van der Waals surface area contributed by atoms with Crippen molar-refractivity contribution in [1.82, 2.24) is 5.32 Å². The molecule has 1 heterocycles. The average Bonchev–Trinajstić information content (AvgIpc) is 2.54. The highest BCUT2D eigenvalue weighted by molar-refractivity contribution is 6.31. The first-order chi connectivity index (χ1) is 8.22. The van der Waals surface area contributed by atoms with Crippen LogP contribution in [-0.2, 0) is 4.79 Å². The van der Waals surface area contributed by atoms with E-state index in [9.17, 15) is 4.79 Å². The van der Waals surface area contributed by atoms with Crippen LogP contribution < -0.4 is 15.0 Å². The van der Waals surface area contributed by atoms with Crippen LogP contribution in [0.25, 0.3) is 0 Å². The molecule has 17 heavy (non-hydrogen) atoms. The molecule has 1 aromatic rings. The average molecular weight is 255 g/mol. The molecule has 0 aliphatic carbocycles. The number of halogens is 1. The van der Waals surface area contributed by atoms with Crippen molar-refractivity contribution in [3.05, 3.63) is 23.2 Å². The number of methoxy groups -OCH3 is 1. The van der Waals surface area contributed by atoms with Crippen molar-refractivity contribution >= 4 is 23.2 Å². The van der Waals surface area contributed by atoms with Gasteiger partial charge in [-0.15, -0.1) is 0 Å². The van der Waals surface area contributed by atoms with Crippen molar-refractivity contribution < 1.29 is 9.53 Å². The van der Waals surface area contributed by atoms with Crippen LogP contribution in [0.1, 0.15) is 6.42 Å². The van der Waals surface area contributed by atoms with Crippen LogP contribution in [0.4, 0.5) is 5.69 Å². The Kier molecular flexibility index (Phi) is 3.86. The molecular weight excluding hydrogens is 240 g/mol. The van der Waals surface area contributed by atoms with Crippen molar-refractivity contribution in [2.75, 3.05) is 31.6 Å². The molecule has 2 rings (SSSR count). The number of nitrogens with zero attached hydrogens (tertiary/aromatic N) is 1. The summed E-state index contributed by atoms with van der Waals surface area (Å²) < 4.78 is 5.27. The monoisotopic (exact) mass is 254 g/mol. The Labute approximate surface area is 106 Å². The summed E-state index contributed by atoms with van der Waals surface area (Å²) in [6, 6.07) is 5.30. The Balaban J connectivity index is 2.36. The lowest BCUT2D eigenvalue weighted by Crippen LogP contribution is -2.35. The molecule has 1 fully saturated rings. The predicted molar refractivity (Wildman–Crippen MR) is 67.8 cm³/mol. The lowest BCUT2D eigenvalue weighted by Gasteiger charge is -2.22. The second-order valence-corrected chi connectivity index (χ2v) is 4.33. The Morgan fingerprint density at radius 3 is 3.06 bits per heavy atom. The Hall–Kier alpha value is -1.26. The number of rotatable bonds is 2. The number of hydrogen-bond donors (Lipinski definition) is 1. The molecule has 4 nitrogen and oxygen atoms in total. The van der Waals surface area contributed by atoms with E-state index in [0.29, 0.717) is 23.9 Å². The van der Waals surface area contributed by atoms with Crippen molar-refractivity contribution in [3.63, 3.8) is 0 Å². The molecule has 0 atom stereocenters. The minimum Gasteiger partial charge on any atom is -0.495 e. The normalized spacial score (nSPS) is 16.8. The highest BCUT2D eigenvalue weighted by Crippen LogP contribution is 2.31. The molecular formula is C12H15ClN2O2. The first-order valence-electron chi connectivity index (χ1n) is 5.57. The summed E-state index contributed by atoms with van der Waals surface area (Å²) in [6.07, 6.45) is 0.918. The molecule has 1 aliphatic heterocycles. The fourth-order valence-electron chi connectivity index (χ4n) is 1.91. The van der Waals surface area contributed by atoms with E-state index in [1.54, 1.807) is 30.2 Å². The van der Waals surface area contributed by atoms with E-state index in [0.717, 1.165) is 18.7 Å². The Morgan fingerprint density at radius 1 is 1.47 bits per heavy atom. The van der Waals surface area contributed by atoms with Crippen LogP contribution in [0, 0.1) is 0 Å². The summed E-state index contributed by atoms with van der Waals surface area (Å²) in [5, 5.41) is 3.69. The van der Waals surface area contributed by atoms with Gasteiger partial charge in [0.2, 0.25) is 5.91 Å². The number of carbonyl (C=O) groups is 1. The number of nitrogens with one attached hydrogen (secondary N) is 1. The second-order valence-electron chi connectivity index (χ2n) is 3.89. The highest BCUT2D eigenvalue weighted by Gasteiger charge is 2.21. The van der Waals surface area contributed by atoms with Crippen LogP contribution in [0.2, 0.25) is 5.02 Å². The fourth-order valence-corrected chi connectivity index (χ4v) is 2.07. The van der Waals surface area contributed by atoms with Crippen LogP contribution in [0.15, 0.2) is 18.2 Å². The van der Waals surface area contributed by atoms with Crippen molar-refractivity contribution in [2.24, 2.45) is 0 Å². The van der Waals surface area contributed by atoms with Gasteiger partial charge < -0.3 is 15.0 Å². The number of ether oxygens (including phenoxy) is 1. The summed E-state index contributed by atoms with van der Waals surface area (Å²) in [4.78, 5) is 13.7. The standard InChI is InChI=1S/C12H15ClN2O2/c1-17-11-4-3-9(13)7-10(11)15-6-2-5-14-8-12(15)16/h3-4,7,14H,2,5-6,8H2,1H3. The van der Waals surface area contributed by atoms with Crippen molar-refractivity contribution in [2.45, 2.75) is 6.42 Å². The minimum absolute atomic E-state index is 0.0445. The molecule has 1 saturated heterocycles. The molecule has 1 amide bonds. The number of anilines is 1. The maximum Gasteiger partial charge on any atom is 0.241 e. The highest BCUT2D eigenvalue weighted by atomic mass is 35.5. The van der Waals surface area contributed by atoms with Gasteiger partial charge in [0.05, 0.1) is 19.3 Å². The van der Waals surface area contributed by atoms with Crippen molar-refractivity contribution in [1.29, 1.82) is 0 Å². The fraction of sp³-hybridized carbons (Fsp3) is 0.417. The van der Waals surface area contributed by atoms with Crippen molar-refractivity contribution in [3.8, 4) is 5.75 Å². The maximum atomic E-state index is 12.0. The largest absolute Gasteiger partial charge is 0.495 e. The number of hydrogen-bond acceptors (Lipinski definition) is 3. The van der Waals surface area contributed by atoms with E-state index in [4.69, 9.17) is 16.3 Å². The summed E-state index contributed by atoms with van der Waals surface area (Å²) in [6.45, 7) is 1.89. The molecule has 92 valence electrons. The van der Waals surface area contributed by atoms with Crippen LogP contribution in [0.3, 0.4) is 0 Å². The third-order valence-electron chi connectivity index (χ3n) is 2.74. The van der Waals surface area contributed by atoms with Gasteiger partial charge >= 0.3 is 0 Å². The summed E-state index contributed by atoms with van der Waals surface area (Å²) >= 11 is 5.97. The zero-order chi connectivity index (χ0) is 12.3. The Bertz CT molecular complexity index is 423. The van der Waals surface area contributed by atoms with E-state index in [1.165, 1.54) is 0 Å². The van der Waals surface area contributed by atoms with E-state index in [1.807, 2.05) is 0 Å². The molecule has 0 unspecified atom stereocenters. The number of carbonyl (C=O) groups excluding carboxylic acids is 1. The lowest BCUT2D eigenvalue weighted by atomic mass is 10.2. The maximum absolute atomic E-state index is 12.0. The van der Waals surface area contributed by atoms with E-state index in [2.05, 4.69) is 5.32 Å². The molecule has 1 N–H and O–H groups in total. The van der Waals surface area contributed by atoms with Gasteiger partial charge in [0, 0.05) is 11.6 Å². The molecule has 1 aliphatic rings. The molecule has 0 radical (unpaired) electrons. The molecule has 0 saturated carbocycles. The Morgan fingerprint density at radius 2 is 2.29 bits per heavy atom. The van der Waals surface area contributed by atoms with Gasteiger partial charge in [-0.2, -0.15) is 0 Å². The summed E-state index contributed by atoms with van der Waals surface area (Å²) in [5.74, 6) is 0.715. The van der Waals surface area contributed by atoms with Crippen LogP contribution in [0.5, 0.6) is 5.75 Å². The van der Waals surface area contributed by atoms with Crippen LogP contribution in [-0.4, -0.2) is 32.7 Å². The number of amides is 1. The summed E-state index contributed by atoms with van der Waals surface area (Å²) in [5.41, 5.74) is 0.744. The molecule has 0 bridgehead atoms. The molecule has 1 aromatic carbocycles. The first kappa shape index (κ1) is 12.2. The molecule has 0 aromatic heterocycles. The molecule has 0 spiro atoms. The predicted octanol–water partition coefficient (Wildman–Crippen LogP) is 1.67. The van der Waals surface area contributed by atoms with Gasteiger partial charge in [0.25, 0.3) is 0 Å². The third kappa shape index (κ3) is 2.70. The summed E-state index contributed by atoms with van der Waals surface area (Å²) in [7, 11) is 1.59. The van der Waals surface area contributed by atoms with Gasteiger partial charge in [-0.05, 0) is 31.2 Å². The van der Waals surface area contributed by atoms with Gasteiger partial charge in [-0.3, -0.25) is 4.79 Å². The quantitative estimate of drug-likeness (QED) is 0.873. The van der Waals surface area contributed by atoms with E-state index < -0.39 is 0 Å². The smallest absolute Gasteiger partial charge is 0.241 e. The zero-order valence-electron chi connectivity index (χ0n) is 9.70. The van der Waals surface area contributed by atoms with Gasteiger partial charge in [-0.1, -0.05) is 11.6 Å². The first-order valence-corrected chi connectivity index (χ1v) is 5.95. The zero-order valence-corrected chi connectivity index (χ0v) is 10.5. The lowest BCUT2D eigenvalue weighted by molar-refractivity contribution is -0.117. The van der Waals surface area contributed by atoms with E-state index in [-0.39, 0.29) is 5.91 Å². The third-order valence-corrected chi connectivity index (χ3v) is 2.98. The molecule has 5 heteroatoms. The number of benzene rings is 1. The minimum atomic E-state index is 0.0445. The van der Waals surface area contributed by atoms with Gasteiger partial charge in [0.1, 0.15) is 5.75 Å². The topological polar surface area (TPSA) is 41.6 Å². The SMILES string of the molecule is COc1ccc(Cl)cc1N1CCCNCC1=O. The van der Waals surface area contributed by atoms with E-state index >= 15 is 0 Å².